The van der Waals surface area contributed by atoms with E-state index in [9.17, 15) is 9.59 Å². The van der Waals surface area contributed by atoms with Crippen molar-refractivity contribution in [3.8, 4) is 11.5 Å². The Labute approximate surface area is 145 Å². The molecule has 128 valence electrons. The molecule has 2 aromatic rings. The molecule has 1 atom stereocenters. The number of carbonyl (C=O) groups excluding carboxylic acids is 2. The van der Waals surface area contributed by atoms with Crippen molar-refractivity contribution in [1.29, 1.82) is 0 Å². The van der Waals surface area contributed by atoms with Crippen LogP contribution in [0.2, 0.25) is 0 Å². The van der Waals surface area contributed by atoms with E-state index in [1.54, 1.807) is 0 Å². The lowest BCUT2D eigenvalue weighted by atomic mass is 9.99. The van der Waals surface area contributed by atoms with E-state index >= 15 is 0 Å². The number of para-hydroxylation sites is 2. The molecule has 2 aliphatic rings. The van der Waals surface area contributed by atoms with E-state index in [2.05, 4.69) is 15.5 Å². The average molecular weight is 337 g/mol. The fourth-order valence-corrected chi connectivity index (χ4v) is 3.43. The summed E-state index contributed by atoms with van der Waals surface area (Å²) >= 11 is 0. The molecule has 2 N–H and O–H groups in total. The molecule has 0 bridgehead atoms. The van der Waals surface area contributed by atoms with Crippen molar-refractivity contribution in [2.24, 2.45) is 0 Å². The van der Waals surface area contributed by atoms with Gasteiger partial charge in [0.15, 0.2) is 0 Å². The normalized spacial score (nSPS) is 22.9. The van der Waals surface area contributed by atoms with Gasteiger partial charge in [-0.15, -0.1) is 0 Å². The number of urea groups is 1. The van der Waals surface area contributed by atoms with Gasteiger partial charge in [-0.3, -0.25) is 15.0 Å². The number of amides is 3. The van der Waals surface area contributed by atoms with Crippen LogP contribution >= 0.6 is 0 Å². The summed E-state index contributed by atoms with van der Waals surface area (Å²) in [4.78, 5) is 25.7. The summed E-state index contributed by atoms with van der Waals surface area (Å²) in [5, 5.41) is 5.11. The number of ether oxygens (including phenoxy) is 1. The molecule has 2 aliphatic heterocycles. The number of imide groups is 1. The summed E-state index contributed by atoms with van der Waals surface area (Å²) in [5.41, 5.74) is 0.264. The first kappa shape index (κ1) is 15.7. The van der Waals surface area contributed by atoms with Crippen molar-refractivity contribution < 1.29 is 14.3 Å². The molecular formula is C19H19N3O3. The van der Waals surface area contributed by atoms with Gasteiger partial charge >= 0.3 is 6.03 Å². The van der Waals surface area contributed by atoms with Crippen molar-refractivity contribution in [3.05, 3.63) is 60.2 Å². The van der Waals surface area contributed by atoms with Gasteiger partial charge in [-0.05, 0) is 24.6 Å². The van der Waals surface area contributed by atoms with Crippen molar-refractivity contribution in [3.63, 3.8) is 0 Å². The fourth-order valence-electron chi connectivity index (χ4n) is 3.43. The predicted octanol–water partition coefficient (Wildman–Crippen LogP) is 2.26. The van der Waals surface area contributed by atoms with Crippen LogP contribution in [0, 0.1) is 0 Å². The van der Waals surface area contributed by atoms with Crippen molar-refractivity contribution >= 4 is 11.9 Å². The van der Waals surface area contributed by atoms with Gasteiger partial charge in [0.1, 0.15) is 17.0 Å². The summed E-state index contributed by atoms with van der Waals surface area (Å²) < 4.78 is 6.00. The lowest BCUT2D eigenvalue weighted by Gasteiger charge is -2.22. The van der Waals surface area contributed by atoms with Gasteiger partial charge in [-0.2, -0.15) is 0 Å². The Morgan fingerprint density at radius 1 is 1.04 bits per heavy atom. The molecule has 2 fully saturated rings. The Hall–Kier alpha value is -2.86. The topological polar surface area (TPSA) is 70.7 Å². The SMILES string of the molecule is O=C1NC(=O)C2(CCN(Cc3ccccc3Oc3ccccc3)C2)N1. The molecule has 2 aromatic carbocycles. The van der Waals surface area contributed by atoms with Gasteiger partial charge in [0.25, 0.3) is 5.91 Å². The number of hydrogen-bond acceptors (Lipinski definition) is 4. The second-order valence-corrected chi connectivity index (χ2v) is 6.47. The van der Waals surface area contributed by atoms with Gasteiger partial charge in [0, 0.05) is 25.2 Å². The molecule has 25 heavy (non-hydrogen) atoms. The largest absolute Gasteiger partial charge is 0.457 e. The zero-order valence-electron chi connectivity index (χ0n) is 13.7. The van der Waals surface area contributed by atoms with Crippen LogP contribution in [0.4, 0.5) is 4.79 Å². The molecule has 4 rings (SSSR count). The Balaban J connectivity index is 1.49. The van der Waals surface area contributed by atoms with E-state index in [0.717, 1.165) is 23.6 Å². The Bertz CT molecular complexity index is 809. The van der Waals surface area contributed by atoms with E-state index in [0.29, 0.717) is 19.5 Å². The number of likely N-dealkylation sites (tertiary alicyclic amines) is 1. The van der Waals surface area contributed by atoms with Crippen LogP contribution in [-0.4, -0.2) is 35.5 Å². The molecule has 1 spiro atoms. The molecule has 3 amide bonds. The van der Waals surface area contributed by atoms with Gasteiger partial charge in [-0.25, -0.2) is 4.79 Å². The number of nitrogens with one attached hydrogen (secondary N) is 2. The first-order valence-corrected chi connectivity index (χ1v) is 8.31. The maximum atomic E-state index is 12.1. The van der Waals surface area contributed by atoms with Crippen LogP contribution in [0.5, 0.6) is 11.5 Å². The highest BCUT2D eigenvalue weighted by Gasteiger charge is 2.50. The molecule has 0 aliphatic carbocycles. The van der Waals surface area contributed by atoms with Crippen molar-refractivity contribution in [2.75, 3.05) is 13.1 Å². The lowest BCUT2D eigenvalue weighted by molar-refractivity contribution is -0.123. The van der Waals surface area contributed by atoms with Crippen LogP contribution in [0.3, 0.4) is 0 Å². The molecule has 6 heteroatoms. The maximum Gasteiger partial charge on any atom is 0.322 e. The third-order valence-corrected chi connectivity index (χ3v) is 4.70. The summed E-state index contributed by atoms with van der Waals surface area (Å²) in [6.07, 6.45) is 0.617. The van der Waals surface area contributed by atoms with E-state index in [1.165, 1.54) is 0 Å². The second-order valence-electron chi connectivity index (χ2n) is 6.47. The molecule has 0 saturated carbocycles. The highest BCUT2D eigenvalue weighted by molar-refractivity contribution is 6.07. The highest BCUT2D eigenvalue weighted by Crippen LogP contribution is 2.30. The lowest BCUT2D eigenvalue weighted by Crippen LogP contribution is -2.48. The van der Waals surface area contributed by atoms with E-state index < -0.39 is 11.6 Å². The quantitative estimate of drug-likeness (QED) is 0.840. The third-order valence-electron chi connectivity index (χ3n) is 4.70. The number of benzene rings is 2. The van der Waals surface area contributed by atoms with Crippen LogP contribution in [0.25, 0.3) is 0 Å². The van der Waals surface area contributed by atoms with E-state index in [4.69, 9.17) is 4.74 Å². The van der Waals surface area contributed by atoms with E-state index in [-0.39, 0.29) is 5.91 Å². The minimum absolute atomic E-state index is 0.228. The first-order valence-electron chi connectivity index (χ1n) is 8.31. The Morgan fingerprint density at radius 2 is 1.80 bits per heavy atom. The smallest absolute Gasteiger partial charge is 0.322 e. The number of rotatable bonds is 4. The first-order chi connectivity index (χ1) is 12.1. The van der Waals surface area contributed by atoms with Crippen LogP contribution in [0.15, 0.2) is 54.6 Å². The molecule has 0 aromatic heterocycles. The van der Waals surface area contributed by atoms with Crippen LogP contribution < -0.4 is 15.4 Å². The Morgan fingerprint density at radius 3 is 2.56 bits per heavy atom. The van der Waals surface area contributed by atoms with Crippen molar-refractivity contribution in [1.82, 2.24) is 15.5 Å². The zero-order valence-corrected chi connectivity index (χ0v) is 13.7. The summed E-state index contributed by atoms with van der Waals surface area (Å²) in [6, 6.07) is 17.1. The fraction of sp³-hybridized carbons (Fsp3) is 0.263. The minimum Gasteiger partial charge on any atom is -0.457 e. The summed E-state index contributed by atoms with van der Waals surface area (Å²) in [5.74, 6) is 1.36. The zero-order chi connectivity index (χ0) is 17.3. The minimum atomic E-state index is -0.785. The molecule has 0 radical (unpaired) electrons. The molecule has 1 unspecified atom stereocenters. The number of carbonyl (C=O) groups is 2. The number of hydrogen-bond donors (Lipinski definition) is 2. The highest BCUT2D eigenvalue weighted by atomic mass is 16.5. The van der Waals surface area contributed by atoms with Gasteiger partial charge in [0.05, 0.1) is 0 Å². The number of nitrogens with zero attached hydrogens (tertiary/aromatic N) is 1. The van der Waals surface area contributed by atoms with E-state index in [1.807, 2.05) is 54.6 Å². The van der Waals surface area contributed by atoms with Gasteiger partial charge in [-0.1, -0.05) is 36.4 Å². The summed E-state index contributed by atoms with van der Waals surface area (Å²) in [7, 11) is 0. The average Bonchev–Trinajstić information content (AvgIpc) is 3.13. The monoisotopic (exact) mass is 337 g/mol. The van der Waals surface area contributed by atoms with Gasteiger partial charge in [0.2, 0.25) is 0 Å². The molecular weight excluding hydrogens is 318 g/mol. The molecule has 6 nitrogen and oxygen atoms in total. The standard InChI is InChI=1S/C19H19N3O3/c23-17-19(21-18(24)20-17)10-11-22(13-19)12-14-6-4-5-9-16(14)25-15-7-2-1-3-8-15/h1-9H,10-13H2,(H2,20,21,23,24). The van der Waals surface area contributed by atoms with Crippen LogP contribution in [-0.2, 0) is 11.3 Å². The van der Waals surface area contributed by atoms with Crippen LogP contribution in [0.1, 0.15) is 12.0 Å². The maximum absolute atomic E-state index is 12.1. The van der Waals surface area contributed by atoms with Crippen molar-refractivity contribution in [2.45, 2.75) is 18.5 Å². The molecule has 2 heterocycles. The summed E-state index contributed by atoms with van der Waals surface area (Å²) in [6.45, 7) is 1.91. The second kappa shape index (κ2) is 6.22. The molecule has 2 saturated heterocycles. The predicted molar refractivity (Wildman–Crippen MR) is 92.3 cm³/mol. The Kier molecular flexibility index (Phi) is 3.89. The third kappa shape index (κ3) is 3.08. The van der Waals surface area contributed by atoms with Gasteiger partial charge < -0.3 is 10.1 Å².